The molecule has 1 aliphatic heterocycles. The largest absolute Gasteiger partial charge is 0.493 e. The van der Waals surface area contributed by atoms with Crippen LogP contribution in [0.15, 0.2) is 103 Å². The highest BCUT2D eigenvalue weighted by atomic mass is 35.5. The smallest absolute Gasteiger partial charge is 0.416 e. The summed E-state index contributed by atoms with van der Waals surface area (Å²) in [6.07, 6.45) is 6.17. The zero-order valence-corrected chi connectivity index (χ0v) is 33.8. The first kappa shape index (κ1) is 42.6. The van der Waals surface area contributed by atoms with Crippen LogP contribution in [0, 0.1) is 6.92 Å². The standard InChI is InChI=1S/C46H45ClF3N3O4.ClH/c1-32-26-36(27-42(47)45(32)57-43-18-17-41(29-51-43)56-31-35-10-14-39(15-11-35)46(48,49)50)12-19-44(54)53-23-21-52(22-24-53)30-34-8-6-33(7-9-34)20-25-55-40-16-13-37-4-2-3-5-38(37)28-40;/h6-19,26-29H,2-5,20-25,30-31H2,1H3;1H/b19-12+;. The molecule has 0 N–H and O–H groups in total. The van der Waals surface area contributed by atoms with Crippen LogP contribution in [0.2, 0.25) is 5.02 Å². The second kappa shape index (κ2) is 19.6. The maximum Gasteiger partial charge on any atom is 0.416 e. The molecule has 58 heavy (non-hydrogen) atoms. The molecule has 7 rings (SSSR count). The van der Waals surface area contributed by atoms with Crippen molar-refractivity contribution < 1.29 is 32.2 Å². The lowest BCUT2D eigenvalue weighted by molar-refractivity contribution is -0.137. The molecule has 2 aliphatic rings. The molecular formula is C46H46Cl2F3N3O4. The Morgan fingerprint density at radius 1 is 0.810 bits per heavy atom. The number of pyridine rings is 1. The summed E-state index contributed by atoms with van der Waals surface area (Å²) in [5, 5.41) is 0.367. The van der Waals surface area contributed by atoms with Crippen molar-refractivity contribution in [3.05, 3.63) is 153 Å². The monoisotopic (exact) mass is 831 g/mol. The number of carbonyl (C=O) groups is 1. The maximum atomic E-state index is 13.1. The first-order valence-electron chi connectivity index (χ1n) is 19.3. The average Bonchev–Trinajstić information content (AvgIpc) is 3.21. The number of aryl methyl sites for hydroxylation is 3. The van der Waals surface area contributed by atoms with Crippen molar-refractivity contribution in [2.75, 3.05) is 32.8 Å². The highest BCUT2D eigenvalue weighted by molar-refractivity contribution is 6.32. The number of nitrogens with zero attached hydrogens (tertiary/aromatic N) is 3. The van der Waals surface area contributed by atoms with Crippen molar-refractivity contribution in [1.29, 1.82) is 0 Å². The molecule has 0 saturated carbocycles. The molecular weight excluding hydrogens is 786 g/mol. The second-order valence-electron chi connectivity index (χ2n) is 14.6. The Morgan fingerprint density at radius 2 is 1.50 bits per heavy atom. The fourth-order valence-electron chi connectivity index (χ4n) is 7.11. The third kappa shape index (κ3) is 11.6. The minimum absolute atomic E-state index is 0. The van der Waals surface area contributed by atoms with Gasteiger partial charge in [0.1, 0.15) is 18.1 Å². The lowest BCUT2D eigenvalue weighted by Gasteiger charge is -2.34. The lowest BCUT2D eigenvalue weighted by atomic mass is 9.92. The van der Waals surface area contributed by atoms with Gasteiger partial charge in [-0.05, 0) is 120 Å². The number of benzene rings is 4. The van der Waals surface area contributed by atoms with E-state index in [4.69, 9.17) is 25.8 Å². The minimum Gasteiger partial charge on any atom is -0.493 e. The third-order valence-electron chi connectivity index (χ3n) is 10.4. The number of hydrogen-bond acceptors (Lipinski definition) is 6. The Labute approximate surface area is 348 Å². The number of hydrogen-bond donors (Lipinski definition) is 0. The molecule has 5 aromatic rings. The van der Waals surface area contributed by atoms with E-state index in [1.165, 1.54) is 59.8 Å². The molecule has 12 heteroatoms. The Bertz CT molecular complexity index is 2150. The zero-order valence-electron chi connectivity index (χ0n) is 32.3. The topological polar surface area (TPSA) is 64.1 Å². The van der Waals surface area contributed by atoms with Crippen molar-refractivity contribution in [1.82, 2.24) is 14.8 Å². The number of piperazine rings is 1. The molecule has 0 spiro atoms. The van der Waals surface area contributed by atoms with Crippen molar-refractivity contribution in [3.63, 3.8) is 0 Å². The fraction of sp³-hybridized carbons (Fsp3) is 0.304. The van der Waals surface area contributed by atoms with E-state index in [0.717, 1.165) is 61.5 Å². The molecule has 0 bridgehead atoms. The van der Waals surface area contributed by atoms with Gasteiger partial charge in [-0.15, -0.1) is 12.4 Å². The molecule has 0 radical (unpaired) electrons. The molecule has 1 fully saturated rings. The number of aromatic nitrogens is 1. The molecule has 1 saturated heterocycles. The van der Waals surface area contributed by atoms with Crippen molar-refractivity contribution in [3.8, 4) is 23.1 Å². The van der Waals surface area contributed by atoms with Crippen LogP contribution in [-0.4, -0.2) is 53.5 Å². The summed E-state index contributed by atoms with van der Waals surface area (Å²) < 4.78 is 56.2. The molecule has 304 valence electrons. The van der Waals surface area contributed by atoms with Gasteiger partial charge in [0.2, 0.25) is 11.8 Å². The average molecular weight is 833 g/mol. The molecule has 0 atom stereocenters. The Balaban J connectivity index is 0.00000567. The van der Waals surface area contributed by atoms with E-state index in [-0.39, 0.29) is 24.9 Å². The summed E-state index contributed by atoms with van der Waals surface area (Å²) in [4.78, 5) is 21.6. The lowest BCUT2D eigenvalue weighted by Crippen LogP contribution is -2.47. The van der Waals surface area contributed by atoms with E-state index in [9.17, 15) is 18.0 Å². The molecule has 7 nitrogen and oxygen atoms in total. The molecule has 4 aromatic carbocycles. The van der Waals surface area contributed by atoms with Gasteiger partial charge in [0.25, 0.3) is 0 Å². The van der Waals surface area contributed by atoms with E-state index in [1.807, 2.05) is 17.9 Å². The van der Waals surface area contributed by atoms with Crippen LogP contribution < -0.4 is 14.2 Å². The van der Waals surface area contributed by atoms with Crippen LogP contribution in [-0.2, 0) is 43.4 Å². The summed E-state index contributed by atoms with van der Waals surface area (Å²) in [7, 11) is 0. The summed E-state index contributed by atoms with van der Waals surface area (Å²) >= 11 is 6.60. The quantitative estimate of drug-likeness (QED) is 0.110. The van der Waals surface area contributed by atoms with Crippen LogP contribution in [0.5, 0.6) is 23.1 Å². The zero-order chi connectivity index (χ0) is 39.8. The summed E-state index contributed by atoms with van der Waals surface area (Å²) in [5.74, 6) is 2.08. The third-order valence-corrected chi connectivity index (χ3v) is 10.6. The number of halogens is 5. The van der Waals surface area contributed by atoms with Gasteiger partial charge in [0.15, 0.2) is 5.75 Å². The molecule has 2 heterocycles. The van der Waals surface area contributed by atoms with Gasteiger partial charge >= 0.3 is 6.18 Å². The molecule has 1 amide bonds. The normalized spacial score (nSPS) is 14.5. The van der Waals surface area contributed by atoms with Crippen molar-refractivity contribution in [2.45, 2.75) is 58.4 Å². The summed E-state index contributed by atoms with van der Waals surface area (Å²) in [6.45, 7) is 6.35. The van der Waals surface area contributed by atoms with E-state index < -0.39 is 11.7 Å². The van der Waals surface area contributed by atoms with Gasteiger partial charge in [-0.2, -0.15) is 13.2 Å². The number of rotatable bonds is 13. The van der Waals surface area contributed by atoms with E-state index in [2.05, 4.69) is 52.3 Å². The number of carbonyl (C=O) groups excluding carboxylic acids is 1. The minimum atomic E-state index is -4.39. The highest BCUT2D eigenvalue weighted by Gasteiger charge is 2.30. The molecule has 1 aromatic heterocycles. The maximum absolute atomic E-state index is 13.1. The van der Waals surface area contributed by atoms with Crippen LogP contribution in [0.4, 0.5) is 13.2 Å². The molecule has 1 aliphatic carbocycles. The van der Waals surface area contributed by atoms with Gasteiger partial charge in [0.05, 0.1) is 23.4 Å². The first-order valence-corrected chi connectivity index (χ1v) is 19.7. The Kier molecular flexibility index (Phi) is 14.4. The predicted molar refractivity (Wildman–Crippen MR) is 223 cm³/mol. The van der Waals surface area contributed by atoms with Gasteiger partial charge in [-0.25, -0.2) is 4.98 Å². The Hall–Kier alpha value is -5.03. The predicted octanol–water partition coefficient (Wildman–Crippen LogP) is 10.7. The highest BCUT2D eigenvalue weighted by Crippen LogP contribution is 2.34. The second-order valence-corrected chi connectivity index (χ2v) is 15.0. The van der Waals surface area contributed by atoms with Crippen molar-refractivity contribution in [2.24, 2.45) is 0 Å². The van der Waals surface area contributed by atoms with Crippen LogP contribution in [0.1, 0.15) is 57.3 Å². The van der Waals surface area contributed by atoms with E-state index in [0.29, 0.717) is 47.7 Å². The number of amides is 1. The van der Waals surface area contributed by atoms with Crippen LogP contribution >= 0.6 is 24.0 Å². The SMILES string of the molecule is Cc1cc(/C=C/C(=O)N2CCN(Cc3ccc(CCOc4ccc5c(c4)CCCC5)cc3)CC2)cc(Cl)c1Oc1ccc(OCc2ccc(C(F)(F)F)cc2)cn1.Cl. The molecule has 0 unspecified atom stereocenters. The van der Waals surface area contributed by atoms with E-state index in [1.54, 1.807) is 30.4 Å². The number of fused-ring (bicyclic) bond motifs is 1. The van der Waals surface area contributed by atoms with Crippen LogP contribution in [0.3, 0.4) is 0 Å². The van der Waals surface area contributed by atoms with Crippen molar-refractivity contribution >= 4 is 36.0 Å². The van der Waals surface area contributed by atoms with Gasteiger partial charge in [0, 0.05) is 51.3 Å². The van der Waals surface area contributed by atoms with Gasteiger partial charge < -0.3 is 19.1 Å². The van der Waals surface area contributed by atoms with Gasteiger partial charge in [-0.3, -0.25) is 9.69 Å². The first-order chi connectivity index (χ1) is 27.6. The Morgan fingerprint density at radius 3 is 2.19 bits per heavy atom. The fourth-order valence-corrected chi connectivity index (χ4v) is 7.43. The van der Waals surface area contributed by atoms with E-state index >= 15 is 0 Å². The van der Waals surface area contributed by atoms with Crippen LogP contribution in [0.25, 0.3) is 6.08 Å². The number of alkyl halides is 3. The summed E-state index contributed by atoms with van der Waals surface area (Å²) in [6, 6.07) is 27.0. The number of ether oxygens (including phenoxy) is 3. The summed E-state index contributed by atoms with van der Waals surface area (Å²) in [5.41, 5.74) is 6.84. The van der Waals surface area contributed by atoms with Gasteiger partial charge in [-0.1, -0.05) is 54.1 Å².